The fourth-order valence-electron chi connectivity index (χ4n) is 5.50. The number of hydrogen-bond donors (Lipinski definition) is 2. The summed E-state index contributed by atoms with van der Waals surface area (Å²) in [7, 11) is 0. The maximum atomic E-state index is 12.8. The van der Waals surface area contributed by atoms with Gasteiger partial charge in [0.2, 0.25) is 5.91 Å². The lowest BCUT2D eigenvalue weighted by atomic mass is 9.91. The molecule has 1 saturated heterocycles. The van der Waals surface area contributed by atoms with E-state index in [0.717, 1.165) is 37.2 Å². The van der Waals surface area contributed by atoms with Gasteiger partial charge < -0.3 is 10.4 Å². The van der Waals surface area contributed by atoms with E-state index in [9.17, 15) is 14.7 Å². The van der Waals surface area contributed by atoms with E-state index < -0.39 is 5.60 Å². The highest BCUT2D eigenvalue weighted by molar-refractivity contribution is 6.02. The molecule has 1 saturated carbocycles. The van der Waals surface area contributed by atoms with Crippen molar-refractivity contribution in [3.8, 4) is 0 Å². The van der Waals surface area contributed by atoms with E-state index in [0.29, 0.717) is 36.8 Å². The first-order valence-electron chi connectivity index (χ1n) is 10.4. The van der Waals surface area contributed by atoms with Crippen LogP contribution in [0.2, 0.25) is 0 Å². The number of rotatable bonds is 5. The maximum Gasteiger partial charge on any atom is 0.228 e. The molecule has 0 spiro atoms. The average molecular weight is 390 g/mol. The van der Waals surface area contributed by atoms with Crippen molar-refractivity contribution in [2.24, 2.45) is 11.8 Å². The number of carbonyl (C=O) groups excluding carboxylic acids is 2. The number of ketones is 1. The minimum Gasteiger partial charge on any atom is -0.390 e. The van der Waals surface area contributed by atoms with Gasteiger partial charge in [-0.15, -0.1) is 0 Å². The van der Waals surface area contributed by atoms with Crippen molar-refractivity contribution in [2.75, 3.05) is 25.0 Å². The lowest BCUT2D eigenvalue weighted by Crippen LogP contribution is -2.34. The van der Waals surface area contributed by atoms with Crippen LogP contribution in [0.25, 0.3) is 0 Å². The zero-order chi connectivity index (χ0) is 20.0. The Morgan fingerprint density at radius 1 is 1.10 bits per heavy atom. The molecule has 2 aliphatic heterocycles. The van der Waals surface area contributed by atoms with Crippen LogP contribution < -0.4 is 5.32 Å². The smallest absolute Gasteiger partial charge is 0.228 e. The normalized spacial score (nSPS) is 28.2. The Balaban J connectivity index is 1.18. The number of Topliss-reactive ketones (excluding diaryl/α,β-unsaturated/α-hetero) is 1. The highest BCUT2D eigenvalue weighted by Crippen LogP contribution is 2.45. The minimum absolute atomic E-state index is 0.0139. The van der Waals surface area contributed by atoms with E-state index in [4.69, 9.17) is 0 Å². The Bertz CT molecular complexity index is 942. The predicted molar refractivity (Wildman–Crippen MR) is 111 cm³/mol. The molecule has 2 fully saturated rings. The zero-order valence-electron chi connectivity index (χ0n) is 16.4. The van der Waals surface area contributed by atoms with Crippen LogP contribution in [0.15, 0.2) is 48.5 Å². The van der Waals surface area contributed by atoms with Crippen molar-refractivity contribution in [1.82, 2.24) is 4.90 Å². The molecule has 0 bridgehead atoms. The quantitative estimate of drug-likeness (QED) is 0.770. The summed E-state index contributed by atoms with van der Waals surface area (Å²) in [5, 5.41) is 13.9. The van der Waals surface area contributed by atoms with Crippen LogP contribution in [-0.2, 0) is 17.6 Å². The summed E-state index contributed by atoms with van der Waals surface area (Å²) < 4.78 is 0. The number of fused-ring (bicyclic) bond motifs is 2. The van der Waals surface area contributed by atoms with Crippen molar-refractivity contribution in [1.29, 1.82) is 0 Å². The number of likely N-dealkylation sites (tertiary alicyclic amines) is 1. The third kappa shape index (κ3) is 3.72. The van der Waals surface area contributed by atoms with Gasteiger partial charge in [0, 0.05) is 30.8 Å². The molecule has 150 valence electrons. The largest absolute Gasteiger partial charge is 0.390 e. The van der Waals surface area contributed by atoms with Crippen molar-refractivity contribution in [2.45, 2.75) is 31.3 Å². The Labute approximate surface area is 170 Å². The summed E-state index contributed by atoms with van der Waals surface area (Å²) in [6.07, 6.45) is 2.68. The lowest BCUT2D eigenvalue weighted by molar-refractivity contribution is -0.115. The topological polar surface area (TPSA) is 69.6 Å². The zero-order valence-corrected chi connectivity index (χ0v) is 16.4. The molecule has 2 aromatic rings. The molecule has 2 heterocycles. The number of amides is 1. The average Bonchev–Trinajstić information content (AvgIpc) is 3.31. The molecule has 5 nitrogen and oxygen atoms in total. The molecule has 5 heteroatoms. The van der Waals surface area contributed by atoms with Gasteiger partial charge in [-0.2, -0.15) is 0 Å². The second kappa shape index (κ2) is 7.08. The number of anilines is 1. The second-order valence-corrected chi connectivity index (χ2v) is 9.03. The summed E-state index contributed by atoms with van der Waals surface area (Å²) in [6.45, 7) is 2.15. The molecule has 2 N–H and O–H groups in total. The maximum absolute atomic E-state index is 12.8. The van der Waals surface area contributed by atoms with Gasteiger partial charge in [0.25, 0.3) is 0 Å². The molecule has 0 aromatic heterocycles. The Morgan fingerprint density at radius 3 is 2.55 bits per heavy atom. The number of nitrogens with zero attached hydrogens (tertiary/aromatic N) is 1. The Hall–Kier alpha value is -2.50. The molecule has 5 rings (SSSR count). The molecular formula is C24H26N2O3. The van der Waals surface area contributed by atoms with Gasteiger partial charge in [0.05, 0.1) is 18.6 Å². The summed E-state index contributed by atoms with van der Waals surface area (Å²) in [6, 6.07) is 15.7. The summed E-state index contributed by atoms with van der Waals surface area (Å²) in [5.74, 6) is 1.00. The minimum atomic E-state index is -0.619. The second-order valence-electron chi connectivity index (χ2n) is 9.03. The molecule has 2 aromatic carbocycles. The van der Waals surface area contributed by atoms with E-state index >= 15 is 0 Å². The molecule has 2 unspecified atom stereocenters. The van der Waals surface area contributed by atoms with Crippen molar-refractivity contribution < 1.29 is 14.7 Å². The highest BCUT2D eigenvalue weighted by atomic mass is 16.3. The molecule has 3 atom stereocenters. The van der Waals surface area contributed by atoms with Crippen LogP contribution in [0.5, 0.6) is 0 Å². The van der Waals surface area contributed by atoms with Gasteiger partial charge in [-0.25, -0.2) is 0 Å². The van der Waals surface area contributed by atoms with Gasteiger partial charge in [-0.1, -0.05) is 30.3 Å². The standard InChI is InChI=1S/C24H26N2O3/c27-22(17-6-7-21-18(8-17)9-23(28)25-21)15-26-13-19-11-24(29,12-20(19)14-26)10-16-4-2-1-3-5-16/h1-8,19-20,29H,9-15H2,(H,25,28)/t19-,20?,24?/m0/s1. The predicted octanol–water partition coefficient (Wildman–Crippen LogP) is 2.68. The van der Waals surface area contributed by atoms with Crippen LogP contribution in [-0.4, -0.2) is 46.9 Å². The monoisotopic (exact) mass is 390 g/mol. The molecule has 1 amide bonds. The molecule has 0 radical (unpaired) electrons. The van der Waals surface area contributed by atoms with Crippen molar-refractivity contribution in [3.63, 3.8) is 0 Å². The summed E-state index contributed by atoms with van der Waals surface area (Å²) in [4.78, 5) is 26.5. The first-order valence-corrected chi connectivity index (χ1v) is 10.4. The van der Waals surface area contributed by atoms with Gasteiger partial charge in [0.1, 0.15) is 0 Å². The van der Waals surface area contributed by atoms with Crippen molar-refractivity contribution in [3.05, 3.63) is 65.2 Å². The van der Waals surface area contributed by atoms with E-state index in [1.807, 2.05) is 36.4 Å². The van der Waals surface area contributed by atoms with Gasteiger partial charge >= 0.3 is 0 Å². The first-order chi connectivity index (χ1) is 14.0. The van der Waals surface area contributed by atoms with Gasteiger partial charge in [-0.3, -0.25) is 14.5 Å². The molecule has 1 aliphatic carbocycles. The van der Waals surface area contributed by atoms with Gasteiger partial charge in [-0.05, 0) is 54.0 Å². The van der Waals surface area contributed by atoms with Crippen molar-refractivity contribution >= 4 is 17.4 Å². The number of hydrogen-bond acceptors (Lipinski definition) is 4. The van der Waals surface area contributed by atoms with E-state index in [1.54, 1.807) is 0 Å². The lowest BCUT2D eigenvalue weighted by Gasteiger charge is -2.26. The van der Waals surface area contributed by atoms with Crippen LogP contribution >= 0.6 is 0 Å². The third-order valence-corrected chi connectivity index (χ3v) is 6.73. The highest BCUT2D eigenvalue weighted by Gasteiger charge is 2.48. The number of aliphatic hydroxyl groups is 1. The van der Waals surface area contributed by atoms with E-state index in [-0.39, 0.29) is 11.7 Å². The third-order valence-electron chi connectivity index (χ3n) is 6.73. The van der Waals surface area contributed by atoms with Crippen LogP contribution in [0.4, 0.5) is 5.69 Å². The summed E-state index contributed by atoms with van der Waals surface area (Å²) in [5.41, 5.74) is 2.97. The van der Waals surface area contributed by atoms with E-state index in [2.05, 4.69) is 22.3 Å². The number of nitrogens with one attached hydrogen (secondary N) is 1. The molecule has 3 aliphatic rings. The fourth-order valence-corrected chi connectivity index (χ4v) is 5.50. The molecular weight excluding hydrogens is 364 g/mol. The Morgan fingerprint density at radius 2 is 1.83 bits per heavy atom. The Kier molecular flexibility index (Phi) is 4.52. The van der Waals surface area contributed by atoms with Crippen LogP contribution in [0.1, 0.15) is 34.3 Å². The number of benzene rings is 2. The van der Waals surface area contributed by atoms with Gasteiger partial charge in [0.15, 0.2) is 5.78 Å². The SMILES string of the molecule is O=C1Cc2cc(C(=O)CN3CC4CC(O)(Cc5ccccc5)C[C@H]4C3)ccc2N1. The fraction of sp³-hybridized carbons (Fsp3) is 0.417. The van der Waals surface area contributed by atoms with Crippen LogP contribution in [0.3, 0.4) is 0 Å². The summed E-state index contributed by atoms with van der Waals surface area (Å²) >= 11 is 0. The molecule has 29 heavy (non-hydrogen) atoms. The number of carbonyl (C=O) groups is 2. The van der Waals surface area contributed by atoms with Crippen LogP contribution in [0, 0.1) is 11.8 Å². The van der Waals surface area contributed by atoms with E-state index in [1.165, 1.54) is 5.56 Å². The first kappa shape index (κ1) is 18.5.